The molecule has 1 aliphatic carbocycles. The van der Waals surface area contributed by atoms with Crippen molar-refractivity contribution in [3.8, 4) is 0 Å². The zero-order valence-corrected chi connectivity index (χ0v) is 19.4. The third-order valence-corrected chi connectivity index (χ3v) is 7.84. The molecule has 1 saturated heterocycles. The molecule has 0 aromatic carbocycles. The highest BCUT2D eigenvalue weighted by Crippen LogP contribution is 2.36. The van der Waals surface area contributed by atoms with E-state index in [2.05, 4.69) is 28.5 Å². The number of amides is 1. The number of carbonyl (C=O) groups is 1. The fourth-order valence-corrected chi connectivity index (χ4v) is 5.83. The lowest BCUT2D eigenvalue weighted by atomic mass is 9.86. The van der Waals surface area contributed by atoms with Gasteiger partial charge in [0.15, 0.2) is 5.03 Å². The van der Waals surface area contributed by atoms with E-state index < -0.39 is 15.9 Å². The molecule has 4 rings (SSSR count). The number of rotatable bonds is 5. The van der Waals surface area contributed by atoms with Gasteiger partial charge in [0.25, 0.3) is 15.9 Å². The van der Waals surface area contributed by atoms with E-state index in [0.29, 0.717) is 11.7 Å². The number of nitrogen functional groups attached to an aromatic ring is 1. The van der Waals surface area contributed by atoms with Crippen LogP contribution in [-0.4, -0.2) is 36.4 Å². The number of pyridine rings is 2. The van der Waals surface area contributed by atoms with Gasteiger partial charge in [0, 0.05) is 25.1 Å². The molecular weight excluding hydrogens is 426 g/mol. The summed E-state index contributed by atoms with van der Waals surface area (Å²) >= 11 is 0. The molecule has 0 spiro atoms. The molecule has 3 N–H and O–H groups in total. The quantitative estimate of drug-likeness (QED) is 0.697. The van der Waals surface area contributed by atoms with Gasteiger partial charge in [0.05, 0.1) is 5.56 Å². The van der Waals surface area contributed by atoms with Crippen LogP contribution in [0.25, 0.3) is 0 Å². The first-order valence-corrected chi connectivity index (χ1v) is 12.8. The Morgan fingerprint density at radius 2 is 1.72 bits per heavy atom. The number of aromatic nitrogens is 2. The fraction of sp³-hybridized carbons (Fsp3) is 0.522. The molecule has 174 valence electrons. The molecule has 2 aromatic rings. The maximum Gasteiger partial charge on any atom is 0.281 e. The van der Waals surface area contributed by atoms with Crippen molar-refractivity contribution in [3.63, 3.8) is 0 Å². The molecule has 9 heteroatoms. The largest absolute Gasteiger partial charge is 0.384 e. The third-order valence-electron chi connectivity index (χ3n) is 6.61. The summed E-state index contributed by atoms with van der Waals surface area (Å²) in [4.78, 5) is 24.1. The lowest BCUT2D eigenvalue weighted by Crippen LogP contribution is -2.37. The van der Waals surface area contributed by atoms with Gasteiger partial charge in [-0.25, -0.2) is 14.7 Å². The van der Waals surface area contributed by atoms with Gasteiger partial charge in [-0.1, -0.05) is 25.3 Å². The van der Waals surface area contributed by atoms with E-state index >= 15 is 0 Å². The highest BCUT2D eigenvalue weighted by molar-refractivity contribution is 7.90. The van der Waals surface area contributed by atoms with Gasteiger partial charge in [-0.3, -0.25) is 4.79 Å². The Balaban J connectivity index is 0.00000306. The van der Waals surface area contributed by atoms with Crippen LogP contribution >= 0.6 is 0 Å². The van der Waals surface area contributed by atoms with E-state index in [4.69, 9.17) is 10.7 Å². The second kappa shape index (κ2) is 9.05. The van der Waals surface area contributed by atoms with Crippen LogP contribution < -0.4 is 15.4 Å². The van der Waals surface area contributed by atoms with Crippen molar-refractivity contribution in [2.24, 2.45) is 0 Å². The summed E-state index contributed by atoms with van der Waals surface area (Å²) in [5.74, 6) is 0.310. The molecule has 1 aliphatic heterocycles. The van der Waals surface area contributed by atoms with Crippen LogP contribution in [0.5, 0.6) is 0 Å². The number of hydrogen-bond acceptors (Lipinski definition) is 7. The van der Waals surface area contributed by atoms with Crippen molar-refractivity contribution in [2.75, 3.05) is 10.6 Å². The number of carbonyl (C=O) groups excluding carboxylic acids is 1. The number of nitrogens with two attached hydrogens (primary N) is 1. The molecule has 2 atom stereocenters. The SMILES string of the molecule is C[C@@H]1CC[C@H](C)N1c1nc(C2CCCCC2)ccc1C(=O)NS(=O)(=O)c1cccc(N)n1.[HH]. The third kappa shape index (κ3) is 4.57. The van der Waals surface area contributed by atoms with Gasteiger partial charge in [-0.2, -0.15) is 8.42 Å². The molecular formula is C23H33N5O3S. The van der Waals surface area contributed by atoms with Crippen LogP contribution in [0.3, 0.4) is 0 Å². The van der Waals surface area contributed by atoms with E-state index in [1.165, 1.54) is 37.5 Å². The monoisotopic (exact) mass is 459 g/mol. The van der Waals surface area contributed by atoms with Gasteiger partial charge >= 0.3 is 0 Å². The fourth-order valence-electron chi connectivity index (χ4n) is 4.89. The molecule has 0 unspecified atom stereocenters. The second-order valence-corrected chi connectivity index (χ2v) is 10.6. The van der Waals surface area contributed by atoms with Gasteiger partial charge in [0.1, 0.15) is 11.6 Å². The van der Waals surface area contributed by atoms with Gasteiger partial charge in [-0.05, 0) is 63.8 Å². The Hall–Kier alpha value is -2.68. The lowest BCUT2D eigenvalue weighted by Gasteiger charge is -2.31. The number of hydrogen-bond donors (Lipinski definition) is 2. The van der Waals surface area contributed by atoms with Crippen LogP contribution in [-0.2, 0) is 10.0 Å². The first-order valence-electron chi connectivity index (χ1n) is 11.3. The first-order chi connectivity index (χ1) is 15.3. The van der Waals surface area contributed by atoms with Crippen molar-refractivity contribution >= 4 is 27.6 Å². The summed E-state index contributed by atoms with van der Waals surface area (Å²) in [5.41, 5.74) is 6.87. The standard InChI is InChI=1S/C23H31N5O3S.H2/c1-15-11-12-16(2)28(15)22-18(13-14-19(25-22)17-7-4-3-5-8-17)23(29)27-32(30,31)21-10-6-9-20(24)26-21;/h6,9-10,13-17H,3-5,7-8,11-12H2,1-2H3,(H2,24,26)(H,27,29);1H/t15-,16+;. The maximum absolute atomic E-state index is 13.2. The average Bonchev–Trinajstić information content (AvgIpc) is 3.11. The van der Waals surface area contributed by atoms with Crippen molar-refractivity contribution in [2.45, 2.75) is 81.8 Å². The summed E-state index contributed by atoms with van der Waals surface area (Å²) < 4.78 is 27.7. The number of sulfonamides is 1. The van der Waals surface area contributed by atoms with E-state index in [1.807, 2.05) is 6.07 Å². The predicted octanol–water partition coefficient (Wildman–Crippen LogP) is 3.85. The molecule has 3 heterocycles. The topological polar surface area (TPSA) is 118 Å². The molecule has 1 amide bonds. The van der Waals surface area contributed by atoms with Crippen LogP contribution in [0.2, 0.25) is 0 Å². The lowest BCUT2D eigenvalue weighted by molar-refractivity contribution is 0.0981. The van der Waals surface area contributed by atoms with Gasteiger partial charge in [-0.15, -0.1) is 0 Å². The number of nitrogens with one attached hydrogen (secondary N) is 1. The van der Waals surface area contributed by atoms with E-state index in [-0.39, 0.29) is 29.9 Å². The van der Waals surface area contributed by atoms with E-state index in [9.17, 15) is 13.2 Å². The summed E-state index contributed by atoms with van der Waals surface area (Å²) in [6.07, 6.45) is 7.82. The predicted molar refractivity (Wildman–Crippen MR) is 126 cm³/mol. The molecule has 2 aromatic heterocycles. The zero-order valence-electron chi connectivity index (χ0n) is 18.6. The summed E-state index contributed by atoms with van der Waals surface area (Å²) in [7, 11) is -4.17. The van der Waals surface area contributed by atoms with Crippen LogP contribution in [0.1, 0.15) is 82.2 Å². The van der Waals surface area contributed by atoms with Crippen molar-refractivity contribution in [1.82, 2.24) is 14.7 Å². The molecule has 2 fully saturated rings. The average molecular weight is 460 g/mol. The zero-order chi connectivity index (χ0) is 22.9. The number of nitrogens with zero attached hydrogens (tertiary/aromatic N) is 3. The van der Waals surface area contributed by atoms with Gasteiger partial charge < -0.3 is 10.6 Å². The highest BCUT2D eigenvalue weighted by Gasteiger charge is 2.33. The van der Waals surface area contributed by atoms with Crippen LogP contribution in [0, 0.1) is 0 Å². The van der Waals surface area contributed by atoms with Crippen LogP contribution in [0.15, 0.2) is 35.4 Å². The minimum Gasteiger partial charge on any atom is -0.384 e. The van der Waals surface area contributed by atoms with E-state index in [1.54, 1.807) is 6.07 Å². The molecule has 0 bridgehead atoms. The van der Waals surface area contributed by atoms with Crippen molar-refractivity contribution < 1.29 is 14.6 Å². The van der Waals surface area contributed by atoms with Crippen molar-refractivity contribution in [1.29, 1.82) is 0 Å². The van der Waals surface area contributed by atoms with E-state index in [0.717, 1.165) is 31.4 Å². The smallest absolute Gasteiger partial charge is 0.281 e. The second-order valence-electron chi connectivity index (χ2n) is 8.96. The maximum atomic E-state index is 13.2. The first kappa shape index (κ1) is 22.5. The van der Waals surface area contributed by atoms with Crippen LogP contribution in [0.4, 0.5) is 11.6 Å². The van der Waals surface area contributed by atoms with Crippen molar-refractivity contribution in [3.05, 3.63) is 41.6 Å². The minimum absolute atomic E-state index is 0. The molecule has 1 saturated carbocycles. The Morgan fingerprint density at radius 3 is 2.38 bits per heavy atom. The number of anilines is 2. The summed E-state index contributed by atoms with van der Waals surface area (Å²) in [5, 5.41) is -0.290. The van der Waals surface area contributed by atoms with Gasteiger partial charge in [0.2, 0.25) is 0 Å². The molecule has 8 nitrogen and oxygen atoms in total. The highest BCUT2D eigenvalue weighted by atomic mass is 32.2. The normalized spacial score (nSPS) is 22.1. The molecule has 2 aliphatic rings. The summed E-state index contributed by atoms with van der Waals surface area (Å²) in [6.45, 7) is 4.24. The molecule has 32 heavy (non-hydrogen) atoms. The Kier molecular flexibility index (Phi) is 6.37. The Morgan fingerprint density at radius 1 is 1.03 bits per heavy atom. The Labute approximate surface area is 191 Å². The molecule has 0 radical (unpaired) electrons. The Bertz CT molecular complexity index is 1100. The minimum atomic E-state index is -4.17. The summed E-state index contributed by atoms with van der Waals surface area (Å²) in [6, 6.07) is 8.33.